The maximum atomic E-state index is 12.6. The van der Waals surface area contributed by atoms with Crippen molar-refractivity contribution in [3.8, 4) is 0 Å². The zero-order valence-corrected chi connectivity index (χ0v) is 13.2. The van der Waals surface area contributed by atoms with Crippen LogP contribution in [0.5, 0.6) is 0 Å². The third-order valence-corrected chi connectivity index (χ3v) is 4.37. The van der Waals surface area contributed by atoms with Crippen LogP contribution in [0.3, 0.4) is 0 Å². The summed E-state index contributed by atoms with van der Waals surface area (Å²) in [5.74, 6) is 0.258. The summed E-state index contributed by atoms with van der Waals surface area (Å²) >= 11 is 3.46. The standard InChI is InChI=1S/C15H21BrN2O/c1-15(6-8-17-9-7-15)14(19)18(2)11-12-4-3-5-13(16)10-12/h3-5,10,17H,6-9,11H2,1-2H3. The first-order valence-corrected chi connectivity index (χ1v) is 7.51. The Labute approximate surface area is 123 Å². The van der Waals surface area contributed by atoms with Gasteiger partial charge in [-0.3, -0.25) is 4.79 Å². The third kappa shape index (κ3) is 3.57. The fraction of sp³-hybridized carbons (Fsp3) is 0.533. The largest absolute Gasteiger partial charge is 0.341 e. The molecule has 0 spiro atoms. The van der Waals surface area contributed by atoms with Crippen molar-refractivity contribution in [2.24, 2.45) is 5.41 Å². The summed E-state index contributed by atoms with van der Waals surface area (Å²) in [6.07, 6.45) is 1.85. The Hall–Kier alpha value is -0.870. The normalized spacial score (nSPS) is 18.1. The van der Waals surface area contributed by atoms with E-state index in [1.807, 2.05) is 24.1 Å². The number of rotatable bonds is 3. The summed E-state index contributed by atoms with van der Waals surface area (Å²) in [6.45, 7) is 4.63. The average Bonchev–Trinajstić information content (AvgIpc) is 2.38. The Morgan fingerprint density at radius 2 is 2.11 bits per heavy atom. The summed E-state index contributed by atoms with van der Waals surface area (Å²) in [5.41, 5.74) is 0.953. The minimum absolute atomic E-state index is 0.202. The van der Waals surface area contributed by atoms with Crippen molar-refractivity contribution in [1.82, 2.24) is 10.2 Å². The molecule has 1 aliphatic rings. The highest BCUT2D eigenvalue weighted by molar-refractivity contribution is 9.10. The molecule has 104 valence electrons. The number of carbonyl (C=O) groups is 1. The van der Waals surface area contributed by atoms with E-state index in [1.54, 1.807) is 0 Å². The lowest BCUT2D eigenvalue weighted by Crippen LogP contribution is -2.46. The first-order valence-electron chi connectivity index (χ1n) is 6.72. The number of amides is 1. The van der Waals surface area contributed by atoms with Crippen LogP contribution in [0.2, 0.25) is 0 Å². The molecule has 0 radical (unpaired) electrons. The Morgan fingerprint density at radius 3 is 2.74 bits per heavy atom. The van der Waals surface area contributed by atoms with Crippen LogP contribution >= 0.6 is 15.9 Å². The molecule has 0 saturated carbocycles. The Kier molecular flexibility index (Phi) is 4.63. The second kappa shape index (κ2) is 6.06. The smallest absolute Gasteiger partial charge is 0.228 e. The summed E-state index contributed by atoms with van der Waals surface area (Å²) in [6, 6.07) is 8.12. The Balaban J connectivity index is 2.03. The van der Waals surface area contributed by atoms with Gasteiger partial charge in [-0.15, -0.1) is 0 Å². The van der Waals surface area contributed by atoms with Crippen LogP contribution in [0.25, 0.3) is 0 Å². The van der Waals surface area contributed by atoms with Gasteiger partial charge in [0.15, 0.2) is 0 Å². The average molecular weight is 325 g/mol. The van der Waals surface area contributed by atoms with Gasteiger partial charge < -0.3 is 10.2 Å². The molecule has 1 N–H and O–H groups in total. The van der Waals surface area contributed by atoms with Crippen molar-refractivity contribution in [2.45, 2.75) is 26.3 Å². The summed E-state index contributed by atoms with van der Waals surface area (Å²) in [7, 11) is 1.90. The first-order chi connectivity index (χ1) is 9.01. The number of benzene rings is 1. The highest BCUT2D eigenvalue weighted by atomic mass is 79.9. The summed E-state index contributed by atoms with van der Waals surface area (Å²) in [4.78, 5) is 14.4. The highest BCUT2D eigenvalue weighted by Gasteiger charge is 2.36. The quantitative estimate of drug-likeness (QED) is 0.927. The molecule has 1 aromatic carbocycles. The predicted octanol–water partition coefficient (Wildman–Crippen LogP) is 2.80. The van der Waals surface area contributed by atoms with Gasteiger partial charge in [0.1, 0.15) is 0 Å². The lowest BCUT2D eigenvalue weighted by Gasteiger charge is -2.36. The van der Waals surface area contributed by atoms with Crippen molar-refractivity contribution in [3.63, 3.8) is 0 Å². The molecular weight excluding hydrogens is 304 g/mol. The van der Waals surface area contributed by atoms with Gasteiger partial charge in [-0.2, -0.15) is 0 Å². The maximum absolute atomic E-state index is 12.6. The van der Waals surface area contributed by atoms with Gasteiger partial charge >= 0.3 is 0 Å². The fourth-order valence-corrected chi connectivity index (χ4v) is 3.08. The Morgan fingerprint density at radius 1 is 1.42 bits per heavy atom. The maximum Gasteiger partial charge on any atom is 0.228 e. The van der Waals surface area contributed by atoms with Crippen LogP contribution in [0.15, 0.2) is 28.7 Å². The van der Waals surface area contributed by atoms with Gasteiger partial charge in [0.2, 0.25) is 5.91 Å². The number of carbonyl (C=O) groups excluding carboxylic acids is 1. The molecule has 1 aliphatic heterocycles. The van der Waals surface area contributed by atoms with E-state index in [-0.39, 0.29) is 11.3 Å². The number of piperidine rings is 1. The van der Waals surface area contributed by atoms with E-state index in [2.05, 4.69) is 40.3 Å². The van der Waals surface area contributed by atoms with Crippen molar-refractivity contribution in [1.29, 1.82) is 0 Å². The van der Waals surface area contributed by atoms with Crippen molar-refractivity contribution in [3.05, 3.63) is 34.3 Å². The molecule has 4 heteroatoms. The summed E-state index contributed by atoms with van der Waals surface area (Å²) < 4.78 is 1.05. The number of hydrogen-bond donors (Lipinski definition) is 1. The van der Waals surface area contributed by atoms with Gasteiger partial charge in [-0.25, -0.2) is 0 Å². The molecular formula is C15H21BrN2O. The van der Waals surface area contributed by atoms with E-state index in [9.17, 15) is 4.79 Å². The molecule has 0 aromatic heterocycles. The molecule has 1 aromatic rings. The van der Waals surface area contributed by atoms with Crippen LogP contribution in [0, 0.1) is 5.41 Å². The van der Waals surface area contributed by atoms with Gasteiger partial charge in [0.25, 0.3) is 0 Å². The molecule has 1 saturated heterocycles. The zero-order valence-electron chi connectivity index (χ0n) is 11.6. The highest BCUT2D eigenvalue weighted by Crippen LogP contribution is 2.30. The fourth-order valence-electron chi connectivity index (χ4n) is 2.63. The SMILES string of the molecule is CN(Cc1cccc(Br)c1)C(=O)C1(C)CCNCC1. The molecule has 1 heterocycles. The summed E-state index contributed by atoms with van der Waals surface area (Å²) in [5, 5.41) is 3.31. The molecule has 19 heavy (non-hydrogen) atoms. The molecule has 0 unspecified atom stereocenters. The minimum atomic E-state index is -0.202. The van der Waals surface area contributed by atoms with E-state index in [0.29, 0.717) is 6.54 Å². The second-order valence-corrected chi connectivity index (χ2v) is 6.52. The van der Waals surface area contributed by atoms with E-state index in [0.717, 1.165) is 36.0 Å². The van der Waals surface area contributed by atoms with Crippen molar-refractivity contribution >= 4 is 21.8 Å². The number of hydrogen-bond acceptors (Lipinski definition) is 2. The Bertz CT molecular complexity index is 455. The lowest BCUT2D eigenvalue weighted by molar-refractivity contribution is -0.141. The van der Waals surface area contributed by atoms with Gasteiger partial charge in [0.05, 0.1) is 0 Å². The first kappa shape index (κ1) is 14.5. The topological polar surface area (TPSA) is 32.3 Å². The van der Waals surface area contributed by atoms with Crippen LogP contribution < -0.4 is 5.32 Å². The minimum Gasteiger partial charge on any atom is -0.341 e. The van der Waals surface area contributed by atoms with Gasteiger partial charge in [0, 0.05) is 23.5 Å². The van der Waals surface area contributed by atoms with E-state index >= 15 is 0 Å². The van der Waals surface area contributed by atoms with E-state index in [1.165, 1.54) is 0 Å². The van der Waals surface area contributed by atoms with Gasteiger partial charge in [-0.05, 0) is 43.6 Å². The molecule has 2 rings (SSSR count). The number of nitrogens with zero attached hydrogens (tertiary/aromatic N) is 1. The third-order valence-electron chi connectivity index (χ3n) is 3.88. The molecule has 0 aliphatic carbocycles. The second-order valence-electron chi connectivity index (χ2n) is 5.60. The molecule has 3 nitrogen and oxygen atoms in total. The monoisotopic (exact) mass is 324 g/mol. The van der Waals surface area contributed by atoms with Crippen LogP contribution in [0.1, 0.15) is 25.3 Å². The van der Waals surface area contributed by atoms with Crippen LogP contribution in [-0.2, 0) is 11.3 Å². The number of nitrogens with one attached hydrogen (secondary N) is 1. The molecule has 1 fully saturated rings. The molecule has 1 amide bonds. The van der Waals surface area contributed by atoms with Crippen molar-refractivity contribution < 1.29 is 4.79 Å². The predicted molar refractivity (Wildman–Crippen MR) is 80.8 cm³/mol. The van der Waals surface area contributed by atoms with E-state index in [4.69, 9.17) is 0 Å². The lowest BCUT2D eigenvalue weighted by atomic mass is 9.79. The van der Waals surface area contributed by atoms with Crippen LogP contribution in [-0.4, -0.2) is 30.9 Å². The van der Waals surface area contributed by atoms with E-state index < -0.39 is 0 Å². The van der Waals surface area contributed by atoms with Gasteiger partial charge in [-0.1, -0.05) is 35.0 Å². The molecule has 0 atom stereocenters. The van der Waals surface area contributed by atoms with Crippen molar-refractivity contribution in [2.75, 3.05) is 20.1 Å². The zero-order chi connectivity index (χ0) is 13.9. The number of halogens is 1. The molecule has 0 bridgehead atoms. The van der Waals surface area contributed by atoms with Crippen LogP contribution in [0.4, 0.5) is 0 Å².